The molecule has 1 aromatic rings. The maximum absolute atomic E-state index is 12.0. The van der Waals surface area contributed by atoms with Gasteiger partial charge in [0.1, 0.15) is 5.75 Å². The molecule has 1 heterocycles. The quantitative estimate of drug-likeness (QED) is 0.868. The lowest BCUT2D eigenvalue weighted by Crippen LogP contribution is -2.38. The van der Waals surface area contributed by atoms with Crippen LogP contribution in [0.5, 0.6) is 5.75 Å². The van der Waals surface area contributed by atoms with Crippen LogP contribution in [0.3, 0.4) is 0 Å². The Balaban J connectivity index is 1.86. The van der Waals surface area contributed by atoms with Crippen LogP contribution in [-0.2, 0) is 14.6 Å². The molecular formula is C14H20N2O4S. The van der Waals surface area contributed by atoms with E-state index in [-0.39, 0.29) is 30.0 Å². The van der Waals surface area contributed by atoms with Crippen molar-refractivity contribution in [2.45, 2.75) is 12.5 Å². The first-order valence-electron chi connectivity index (χ1n) is 6.74. The second-order valence-corrected chi connectivity index (χ2v) is 7.48. The predicted octanol–water partition coefficient (Wildman–Crippen LogP) is 0.753. The molecule has 7 heteroatoms. The predicted molar refractivity (Wildman–Crippen MR) is 81.3 cm³/mol. The molecule has 1 amide bonds. The third-order valence-corrected chi connectivity index (χ3v) is 5.35. The van der Waals surface area contributed by atoms with Gasteiger partial charge in [-0.05, 0) is 37.7 Å². The number of benzene rings is 1. The minimum Gasteiger partial charge on any atom is -0.497 e. The normalized spacial score (nSPS) is 20.4. The lowest BCUT2D eigenvalue weighted by molar-refractivity contribution is -0.117. The monoisotopic (exact) mass is 312 g/mol. The van der Waals surface area contributed by atoms with Gasteiger partial charge in [0.2, 0.25) is 5.91 Å². The molecule has 1 fully saturated rings. The zero-order chi connectivity index (χ0) is 15.5. The van der Waals surface area contributed by atoms with Crippen LogP contribution in [0.15, 0.2) is 24.3 Å². The standard InChI is InChI=1S/C14H20N2O4S/c1-16(12-7-8-21(18,19)10-12)9-14(17)15-11-3-5-13(20-2)6-4-11/h3-6,12H,7-10H2,1-2H3,(H,15,17). The molecule has 1 aromatic carbocycles. The summed E-state index contributed by atoms with van der Waals surface area (Å²) in [6.45, 7) is 0.173. The average Bonchev–Trinajstić information content (AvgIpc) is 2.80. The molecule has 0 saturated carbocycles. The lowest BCUT2D eigenvalue weighted by atomic mass is 10.2. The van der Waals surface area contributed by atoms with Gasteiger partial charge in [-0.15, -0.1) is 0 Å². The first kappa shape index (κ1) is 15.8. The van der Waals surface area contributed by atoms with E-state index in [2.05, 4.69) is 5.32 Å². The van der Waals surface area contributed by atoms with Crippen molar-refractivity contribution in [2.75, 3.05) is 37.5 Å². The van der Waals surface area contributed by atoms with Gasteiger partial charge in [0.05, 0.1) is 25.2 Å². The van der Waals surface area contributed by atoms with E-state index in [9.17, 15) is 13.2 Å². The third-order valence-electron chi connectivity index (χ3n) is 3.60. The molecule has 0 aliphatic carbocycles. The number of methoxy groups -OCH3 is 1. The van der Waals surface area contributed by atoms with Crippen molar-refractivity contribution in [3.05, 3.63) is 24.3 Å². The molecule has 21 heavy (non-hydrogen) atoms. The molecular weight excluding hydrogens is 292 g/mol. The van der Waals surface area contributed by atoms with Crippen LogP contribution in [-0.4, -0.2) is 57.5 Å². The van der Waals surface area contributed by atoms with E-state index in [1.54, 1.807) is 43.3 Å². The molecule has 1 aliphatic heterocycles. The van der Waals surface area contributed by atoms with Gasteiger partial charge in [0.15, 0.2) is 9.84 Å². The van der Waals surface area contributed by atoms with Crippen LogP contribution in [0.2, 0.25) is 0 Å². The summed E-state index contributed by atoms with van der Waals surface area (Å²) in [5, 5.41) is 2.78. The number of nitrogens with one attached hydrogen (secondary N) is 1. The molecule has 1 aliphatic rings. The minimum atomic E-state index is -2.93. The van der Waals surface area contributed by atoms with Gasteiger partial charge in [-0.25, -0.2) is 8.42 Å². The highest BCUT2D eigenvalue weighted by molar-refractivity contribution is 7.91. The van der Waals surface area contributed by atoms with Gasteiger partial charge >= 0.3 is 0 Å². The van der Waals surface area contributed by atoms with Crippen LogP contribution < -0.4 is 10.1 Å². The number of sulfone groups is 1. The number of nitrogens with zero attached hydrogens (tertiary/aromatic N) is 1. The number of carbonyl (C=O) groups is 1. The number of hydrogen-bond acceptors (Lipinski definition) is 5. The Morgan fingerprint density at radius 3 is 2.57 bits per heavy atom. The summed E-state index contributed by atoms with van der Waals surface area (Å²) in [4.78, 5) is 13.8. The highest BCUT2D eigenvalue weighted by Gasteiger charge is 2.31. The van der Waals surface area contributed by atoms with E-state index >= 15 is 0 Å². The zero-order valence-electron chi connectivity index (χ0n) is 12.2. The molecule has 0 bridgehead atoms. The van der Waals surface area contributed by atoms with Crippen molar-refractivity contribution in [2.24, 2.45) is 0 Å². The van der Waals surface area contributed by atoms with E-state index in [0.717, 1.165) is 5.75 Å². The second-order valence-electron chi connectivity index (χ2n) is 5.25. The fourth-order valence-corrected chi connectivity index (χ4v) is 4.16. The Morgan fingerprint density at radius 2 is 2.05 bits per heavy atom. The van der Waals surface area contributed by atoms with Gasteiger partial charge in [-0.1, -0.05) is 0 Å². The molecule has 0 radical (unpaired) electrons. The Kier molecular flexibility index (Phi) is 4.84. The minimum absolute atomic E-state index is 0.0726. The molecule has 0 aromatic heterocycles. The van der Waals surface area contributed by atoms with Crippen LogP contribution in [0.1, 0.15) is 6.42 Å². The average molecular weight is 312 g/mol. The van der Waals surface area contributed by atoms with Crippen molar-refractivity contribution < 1.29 is 17.9 Å². The molecule has 1 unspecified atom stereocenters. The number of ether oxygens (including phenoxy) is 1. The highest BCUT2D eigenvalue weighted by Crippen LogP contribution is 2.17. The van der Waals surface area contributed by atoms with Crippen LogP contribution in [0.25, 0.3) is 0 Å². The van der Waals surface area contributed by atoms with Crippen LogP contribution in [0.4, 0.5) is 5.69 Å². The fraction of sp³-hybridized carbons (Fsp3) is 0.500. The van der Waals surface area contributed by atoms with E-state index in [4.69, 9.17) is 4.74 Å². The van der Waals surface area contributed by atoms with E-state index in [1.165, 1.54) is 0 Å². The van der Waals surface area contributed by atoms with Crippen molar-refractivity contribution in [1.29, 1.82) is 0 Å². The number of anilines is 1. The molecule has 1 saturated heterocycles. The third kappa shape index (κ3) is 4.44. The van der Waals surface area contributed by atoms with E-state index in [0.29, 0.717) is 12.1 Å². The number of hydrogen-bond donors (Lipinski definition) is 1. The summed E-state index contributed by atoms with van der Waals surface area (Å²) in [5.74, 6) is 0.912. The largest absolute Gasteiger partial charge is 0.497 e. The van der Waals surface area contributed by atoms with Crippen molar-refractivity contribution in [1.82, 2.24) is 4.90 Å². The van der Waals surface area contributed by atoms with Crippen molar-refractivity contribution >= 4 is 21.4 Å². The number of likely N-dealkylation sites (N-methyl/N-ethyl adjacent to an activating group) is 1. The fourth-order valence-electron chi connectivity index (χ4n) is 2.35. The van der Waals surface area contributed by atoms with Gasteiger partial charge in [0.25, 0.3) is 0 Å². The summed E-state index contributed by atoms with van der Waals surface area (Å²) < 4.78 is 27.9. The smallest absolute Gasteiger partial charge is 0.238 e. The van der Waals surface area contributed by atoms with Gasteiger partial charge < -0.3 is 10.1 Å². The van der Waals surface area contributed by atoms with Crippen molar-refractivity contribution in [3.8, 4) is 5.75 Å². The first-order chi connectivity index (χ1) is 9.89. The first-order valence-corrected chi connectivity index (χ1v) is 8.56. The summed E-state index contributed by atoms with van der Waals surface area (Å²) >= 11 is 0. The van der Waals surface area contributed by atoms with Crippen molar-refractivity contribution in [3.63, 3.8) is 0 Å². The Labute approximate surface area is 125 Å². The molecule has 0 spiro atoms. The molecule has 2 rings (SSSR count). The second kappa shape index (κ2) is 6.44. The maximum Gasteiger partial charge on any atom is 0.238 e. The molecule has 1 atom stereocenters. The molecule has 116 valence electrons. The molecule has 6 nitrogen and oxygen atoms in total. The summed E-state index contributed by atoms with van der Waals surface area (Å²) in [5.41, 5.74) is 0.688. The Morgan fingerprint density at radius 1 is 1.38 bits per heavy atom. The topological polar surface area (TPSA) is 75.7 Å². The summed E-state index contributed by atoms with van der Waals surface area (Å²) in [6.07, 6.45) is 0.592. The summed E-state index contributed by atoms with van der Waals surface area (Å²) in [6, 6.07) is 6.98. The van der Waals surface area contributed by atoms with E-state index in [1.807, 2.05) is 0 Å². The van der Waals surface area contributed by atoms with Gasteiger partial charge in [-0.3, -0.25) is 9.69 Å². The zero-order valence-corrected chi connectivity index (χ0v) is 13.0. The highest BCUT2D eigenvalue weighted by atomic mass is 32.2. The Bertz CT molecular complexity index is 598. The lowest BCUT2D eigenvalue weighted by Gasteiger charge is -2.22. The number of carbonyl (C=O) groups excluding carboxylic acids is 1. The van der Waals surface area contributed by atoms with E-state index < -0.39 is 9.84 Å². The van der Waals surface area contributed by atoms with Gasteiger partial charge in [0, 0.05) is 11.7 Å². The van der Waals surface area contributed by atoms with Crippen LogP contribution in [0, 0.1) is 0 Å². The number of rotatable bonds is 5. The Hall–Kier alpha value is -1.60. The van der Waals surface area contributed by atoms with Gasteiger partial charge in [-0.2, -0.15) is 0 Å². The summed E-state index contributed by atoms with van der Waals surface area (Å²) in [7, 11) is 0.428. The molecule has 1 N–H and O–H groups in total. The van der Waals surface area contributed by atoms with Crippen LogP contribution >= 0.6 is 0 Å². The SMILES string of the molecule is COc1ccc(NC(=O)CN(C)C2CCS(=O)(=O)C2)cc1. The maximum atomic E-state index is 12.0. The number of amides is 1.